The predicted molar refractivity (Wildman–Crippen MR) is 55.4 cm³/mol. The van der Waals surface area contributed by atoms with Crippen molar-refractivity contribution < 1.29 is 4.79 Å². The molecule has 1 atom stereocenters. The number of nitrogens with two attached hydrogens (primary N) is 1. The van der Waals surface area contributed by atoms with Gasteiger partial charge in [-0.05, 0) is 20.3 Å². The minimum Gasteiger partial charge on any atom is -0.342 e. The Morgan fingerprint density at radius 2 is 2.00 bits per heavy atom. The van der Waals surface area contributed by atoms with E-state index in [9.17, 15) is 4.79 Å². The summed E-state index contributed by atoms with van der Waals surface area (Å²) in [5.74, 6) is 0.0588. The van der Waals surface area contributed by atoms with Crippen LogP contribution < -0.4 is 5.73 Å². The molecule has 0 rings (SSSR count). The lowest BCUT2D eigenvalue weighted by atomic mass is 10.1. The lowest BCUT2D eigenvalue weighted by Crippen LogP contribution is -2.44. The van der Waals surface area contributed by atoms with Crippen LogP contribution in [-0.4, -0.2) is 29.9 Å². The van der Waals surface area contributed by atoms with Crippen molar-refractivity contribution in [3.8, 4) is 0 Å². The number of amides is 1. The SMILES string of the molecule is CCCC[C@H](N)C(=O)N(C)C(C)C. The highest BCUT2D eigenvalue weighted by atomic mass is 16.2. The summed E-state index contributed by atoms with van der Waals surface area (Å²) < 4.78 is 0. The van der Waals surface area contributed by atoms with Gasteiger partial charge in [-0.1, -0.05) is 19.8 Å². The summed E-state index contributed by atoms with van der Waals surface area (Å²) in [5.41, 5.74) is 5.75. The number of nitrogens with zero attached hydrogens (tertiary/aromatic N) is 1. The standard InChI is InChI=1S/C10H22N2O/c1-5-6-7-9(11)10(13)12(4)8(2)3/h8-9H,5-7,11H2,1-4H3/t9-/m0/s1. The van der Waals surface area contributed by atoms with Gasteiger partial charge in [0.15, 0.2) is 0 Å². The fraction of sp³-hybridized carbons (Fsp3) is 0.900. The number of likely N-dealkylation sites (N-methyl/N-ethyl adjacent to an activating group) is 1. The number of carbonyl (C=O) groups is 1. The second kappa shape index (κ2) is 5.97. The average molecular weight is 186 g/mol. The Labute approximate surface area is 81.3 Å². The van der Waals surface area contributed by atoms with E-state index in [1.807, 2.05) is 13.8 Å². The van der Waals surface area contributed by atoms with E-state index in [4.69, 9.17) is 5.73 Å². The minimum atomic E-state index is -0.313. The smallest absolute Gasteiger partial charge is 0.239 e. The Morgan fingerprint density at radius 3 is 2.38 bits per heavy atom. The second-order valence-corrected chi connectivity index (χ2v) is 3.79. The molecule has 13 heavy (non-hydrogen) atoms. The maximum Gasteiger partial charge on any atom is 0.239 e. The molecule has 78 valence electrons. The molecule has 0 aliphatic carbocycles. The van der Waals surface area contributed by atoms with Gasteiger partial charge >= 0.3 is 0 Å². The summed E-state index contributed by atoms with van der Waals surface area (Å²) in [5, 5.41) is 0. The van der Waals surface area contributed by atoms with Gasteiger partial charge in [0.05, 0.1) is 6.04 Å². The molecule has 0 saturated carbocycles. The van der Waals surface area contributed by atoms with Crippen LogP contribution in [0, 0.1) is 0 Å². The van der Waals surface area contributed by atoms with Gasteiger partial charge in [0.2, 0.25) is 5.91 Å². The second-order valence-electron chi connectivity index (χ2n) is 3.79. The van der Waals surface area contributed by atoms with Gasteiger partial charge in [-0.15, -0.1) is 0 Å². The molecule has 0 saturated heterocycles. The highest BCUT2D eigenvalue weighted by Crippen LogP contribution is 2.03. The first kappa shape index (κ1) is 12.4. The highest BCUT2D eigenvalue weighted by Gasteiger charge is 2.18. The summed E-state index contributed by atoms with van der Waals surface area (Å²) >= 11 is 0. The van der Waals surface area contributed by atoms with Gasteiger partial charge in [-0.25, -0.2) is 0 Å². The van der Waals surface area contributed by atoms with Crippen molar-refractivity contribution in [2.75, 3.05) is 7.05 Å². The average Bonchev–Trinajstić information content (AvgIpc) is 2.11. The van der Waals surface area contributed by atoms with Crippen LogP contribution in [0.15, 0.2) is 0 Å². The zero-order valence-electron chi connectivity index (χ0n) is 9.21. The van der Waals surface area contributed by atoms with Crippen molar-refractivity contribution in [3.63, 3.8) is 0 Å². The van der Waals surface area contributed by atoms with E-state index in [2.05, 4.69) is 6.92 Å². The van der Waals surface area contributed by atoms with Crippen molar-refractivity contribution in [2.24, 2.45) is 5.73 Å². The predicted octanol–water partition coefficient (Wildman–Crippen LogP) is 1.37. The largest absolute Gasteiger partial charge is 0.342 e. The van der Waals surface area contributed by atoms with Crippen LogP contribution in [0.1, 0.15) is 40.0 Å². The minimum absolute atomic E-state index is 0.0588. The Bertz CT molecular complexity index is 157. The fourth-order valence-corrected chi connectivity index (χ4v) is 1.06. The van der Waals surface area contributed by atoms with Crippen LogP contribution in [0.5, 0.6) is 0 Å². The number of rotatable bonds is 5. The Kier molecular flexibility index (Phi) is 5.71. The third-order valence-corrected chi connectivity index (χ3v) is 2.31. The van der Waals surface area contributed by atoms with Crippen molar-refractivity contribution in [1.29, 1.82) is 0 Å². The number of carbonyl (C=O) groups excluding carboxylic acids is 1. The van der Waals surface area contributed by atoms with Gasteiger partial charge in [0.25, 0.3) is 0 Å². The first-order chi connectivity index (χ1) is 6.00. The molecule has 1 amide bonds. The molecule has 3 nitrogen and oxygen atoms in total. The molecule has 0 aromatic heterocycles. The summed E-state index contributed by atoms with van der Waals surface area (Å²) in [6, 6.07) is -0.0764. The zero-order valence-corrected chi connectivity index (χ0v) is 9.21. The molecular weight excluding hydrogens is 164 g/mol. The maximum absolute atomic E-state index is 11.6. The van der Waals surface area contributed by atoms with Crippen molar-refractivity contribution in [1.82, 2.24) is 4.90 Å². The van der Waals surface area contributed by atoms with Crippen LogP contribution >= 0.6 is 0 Å². The van der Waals surface area contributed by atoms with Crippen LogP contribution in [0.3, 0.4) is 0 Å². The van der Waals surface area contributed by atoms with Crippen molar-refractivity contribution in [2.45, 2.75) is 52.1 Å². The van der Waals surface area contributed by atoms with Crippen LogP contribution in [0.4, 0.5) is 0 Å². The third-order valence-electron chi connectivity index (χ3n) is 2.31. The van der Waals surface area contributed by atoms with E-state index in [1.165, 1.54) is 0 Å². The topological polar surface area (TPSA) is 46.3 Å². The van der Waals surface area contributed by atoms with E-state index < -0.39 is 0 Å². The van der Waals surface area contributed by atoms with Crippen molar-refractivity contribution >= 4 is 5.91 Å². The fourth-order valence-electron chi connectivity index (χ4n) is 1.06. The van der Waals surface area contributed by atoms with E-state index in [0.717, 1.165) is 19.3 Å². The lowest BCUT2D eigenvalue weighted by Gasteiger charge is -2.24. The highest BCUT2D eigenvalue weighted by molar-refractivity contribution is 5.81. The molecule has 0 aliphatic rings. The van der Waals surface area contributed by atoms with Gasteiger partial charge in [-0.3, -0.25) is 4.79 Å². The molecule has 0 aromatic carbocycles. The van der Waals surface area contributed by atoms with Crippen molar-refractivity contribution in [3.05, 3.63) is 0 Å². The van der Waals surface area contributed by atoms with E-state index in [1.54, 1.807) is 11.9 Å². The quantitative estimate of drug-likeness (QED) is 0.705. The van der Waals surface area contributed by atoms with E-state index in [0.29, 0.717) is 0 Å². The summed E-state index contributed by atoms with van der Waals surface area (Å²) in [6.07, 6.45) is 2.91. The van der Waals surface area contributed by atoms with Gasteiger partial charge in [0, 0.05) is 13.1 Å². The molecule has 2 N–H and O–H groups in total. The monoisotopic (exact) mass is 186 g/mol. The molecular formula is C10H22N2O. The molecule has 0 fully saturated rings. The third kappa shape index (κ3) is 4.27. The van der Waals surface area contributed by atoms with Crippen LogP contribution in [0.2, 0.25) is 0 Å². The molecule has 0 unspecified atom stereocenters. The molecule has 0 radical (unpaired) electrons. The summed E-state index contributed by atoms with van der Waals surface area (Å²) in [4.78, 5) is 13.3. The van der Waals surface area contributed by atoms with E-state index >= 15 is 0 Å². The Balaban J connectivity index is 3.94. The van der Waals surface area contributed by atoms with Gasteiger partial charge < -0.3 is 10.6 Å². The van der Waals surface area contributed by atoms with Crippen LogP contribution in [-0.2, 0) is 4.79 Å². The molecule has 0 heterocycles. The summed E-state index contributed by atoms with van der Waals surface area (Å²) in [7, 11) is 1.80. The normalized spacial score (nSPS) is 13.1. The maximum atomic E-state index is 11.6. The molecule has 0 bridgehead atoms. The molecule has 0 aromatic rings. The molecule has 0 aliphatic heterocycles. The number of hydrogen-bond donors (Lipinski definition) is 1. The van der Waals surface area contributed by atoms with E-state index in [-0.39, 0.29) is 18.0 Å². The number of unbranched alkanes of at least 4 members (excludes halogenated alkanes) is 1. The lowest BCUT2D eigenvalue weighted by molar-refractivity contribution is -0.132. The van der Waals surface area contributed by atoms with Gasteiger partial charge in [-0.2, -0.15) is 0 Å². The number of hydrogen-bond acceptors (Lipinski definition) is 2. The Morgan fingerprint density at radius 1 is 1.46 bits per heavy atom. The first-order valence-electron chi connectivity index (χ1n) is 5.03. The Hall–Kier alpha value is -0.570. The summed E-state index contributed by atoms with van der Waals surface area (Å²) in [6.45, 7) is 6.08. The van der Waals surface area contributed by atoms with Gasteiger partial charge in [0.1, 0.15) is 0 Å². The first-order valence-corrected chi connectivity index (χ1v) is 5.03. The molecule has 0 spiro atoms. The zero-order chi connectivity index (χ0) is 10.4. The van der Waals surface area contributed by atoms with Crippen LogP contribution in [0.25, 0.3) is 0 Å². The molecule has 3 heteroatoms.